The number of piperidine rings is 1. The van der Waals surface area contributed by atoms with Crippen LogP contribution in [0.2, 0.25) is 0 Å². The fraction of sp³-hybridized carbons (Fsp3) is 0.440. The number of halogens is 3. The number of fused-ring (bicyclic) bond motifs is 1. The van der Waals surface area contributed by atoms with Gasteiger partial charge in [0.25, 0.3) is 5.91 Å². The monoisotopic (exact) mass is 471 g/mol. The highest BCUT2D eigenvalue weighted by Crippen LogP contribution is 2.29. The molecule has 2 N–H and O–H groups in total. The first kappa shape index (κ1) is 22.9. The van der Waals surface area contributed by atoms with Crippen molar-refractivity contribution >= 4 is 16.8 Å². The Morgan fingerprint density at radius 1 is 1.03 bits per heavy atom. The van der Waals surface area contributed by atoms with Crippen LogP contribution in [-0.4, -0.2) is 64.9 Å². The fourth-order valence-corrected chi connectivity index (χ4v) is 4.84. The first-order chi connectivity index (χ1) is 16.4. The summed E-state index contributed by atoms with van der Waals surface area (Å²) >= 11 is 0. The van der Waals surface area contributed by atoms with Crippen molar-refractivity contribution in [3.8, 4) is 0 Å². The van der Waals surface area contributed by atoms with Crippen molar-refractivity contribution in [1.29, 1.82) is 0 Å². The van der Waals surface area contributed by atoms with E-state index in [-0.39, 0.29) is 5.91 Å². The van der Waals surface area contributed by atoms with Crippen molar-refractivity contribution in [2.45, 2.75) is 31.5 Å². The van der Waals surface area contributed by atoms with Crippen molar-refractivity contribution in [3.05, 3.63) is 65.1 Å². The minimum Gasteiger partial charge on any atom is -0.349 e. The molecular weight excluding hydrogens is 443 g/mol. The van der Waals surface area contributed by atoms with Crippen LogP contribution < -0.4 is 5.32 Å². The highest BCUT2D eigenvalue weighted by Gasteiger charge is 2.30. The lowest BCUT2D eigenvalue weighted by atomic mass is 9.94. The number of rotatable bonds is 4. The van der Waals surface area contributed by atoms with Crippen LogP contribution in [0.15, 0.2) is 42.6 Å². The van der Waals surface area contributed by atoms with Crippen LogP contribution >= 0.6 is 0 Å². The van der Waals surface area contributed by atoms with Crippen molar-refractivity contribution in [3.63, 3.8) is 0 Å². The second-order valence-corrected chi connectivity index (χ2v) is 9.17. The minimum atomic E-state index is -4.32. The van der Waals surface area contributed by atoms with Gasteiger partial charge in [-0.1, -0.05) is 12.1 Å². The number of amides is 1. The molecule has 0 saturated carbocycles. The molecule has 2 aliphatic rings. The van der Waals surface area contributed by atoms with E-state index in [4.69, 9.17) is 0 Å². The van der Waals surface area contributed by atoms with Gasteiger partial charge < -0.3 is 15.2 Å². The fourth-order valence-electron chi connectivity index (χ4n) is 4.84. The van der Waals surface area contributed by atoms with E-state index in [9.17, 15) is 18.0 Å². The maximum absolute atomic E-state index is 13.1. The summed E-state index contributed by atoms with van der Waals surface area (Å²) in [5.41, 5.74) is 2.71. The molecular formula is C25H28F3N5O. The van der Waals surface area contributed by atoms with Gasteiger partial charge in [-0.15, -0.1) is 0 Å². The molecule has 180 valence electrons. The first-order valence-corrected chi connectivity index (χ1v) is 11.7. The number of piperazine rings is 1. The Balaban J connectivity index is 1.19. The number of benzene rings is 1. The van der Waals surface area contributed by atoms with E-state index in [0.717, 1.165) is 60.2 Å². The molecule has 2 saturated heterocycles. The van der Waals surface area contributed by atoms with Crippen LogP contribution in [0.25, 0.3) is 10.9 Å². The van der Waals surface area contributed by atoms with Gasteiger partial charge in [-0.25, -0.2) is 0 Å². The van der Waals surface area contributed by atoms with Gasteiger partial charge in [0.2, 0.25) is 0 Å². The summed E-state index contributed by atoms with van der Waals surface area (Å²) in [6.45, 7) is 5.08. The average Bonchev–Trinajstić information content (AvgIpc) is 3.28. The van der Waals surface area contributed by atoms with Gasteiger partial charge in [0.1, 0.15) is 5.69 Å². The molecule has 5 rings (SSSR count). The SMILES string of the molecule is O=C(c1cc2cc(C3CCNCC3)ncc2[nH]1)N1CCN(Cc2ccc(C(F)(F)F)cc2)CC1. The normalized spacial score (nSPS) is 18.5. The highest BCUT2D eigenvalue weighted by atomic mass is 19.4. The molecule has 1 aromatic carbocycles. The Bertz CT molecular complexity index is 1140. The third kappa shape index (κ3) is 4.95. The predicted molar refractivity (Wildman–Crippen MR) is 124 cm³/mol. The highest BCUT2D eigenvalue weighted by molar-refractivity contribution is 5.98. The predicted octanol–water partition coefficient (Wildman–Crippen LogP) is 4.01. The second kappa shape index (κ2) is 9.38. The van der Waals surface area contributed by atoms with Crippen molar-refractivity contribution in [2.75, 3.05) is 39.3 Å². The van der Waals surface area contributed by atoms with Gasteiger partial charge in [-0.3, -0.25) is 14.7 Å². The third-order valence-electron chi connectivity index (χ3n) is 6.86. The molecule has 2 aromatic heterocycles. The zero-order valence-electron chi connectivity index (χ0n) is 18.9. The number of carbonyl (C=O) groups is 1. The summed E-state index contributed by atoms with van der Waals surface area (Å²) in [4.78, 5) is 24.9. The van der Waals surface area contributed by atoms with E-state index in [1.165, 1.54) is 12.1 Å². The molecule has 4 heterocycles. The molecule has 0 atom stereocenters. The lowest BCUT2D eigenvalue weighted by molar-refractivity contribution is -0.137. The summed E-state index contributed by atoms with van der Waals surface area (Å²) in [5.74, 6) is 0.422. The molecule has 0 unspecified atom stereocenters. The number of aromatic nitrogens is 2. The molecule has 6 nitrogen and oxygen atoms in total. The summed E-state index contributed by atoms with van der Waals surface area (Å²) in [6, 6.07) is 9.31. The van der Waals surface area contributed by atoms with E-state index in [2.05, 4.69) is 26.3 Å². The van der Waals surface area contributed by atoms with Crippen molar-refractivity contribution in [2.24, 2.45) is 0 Å². The Kier molecular flexibility index (Phi) is 6.31. The van der Waals surface area contributed by atoms with E-state index in [0.29, 0.717) is 44.3 Å². The molecule has 0 bridgehead atoms. The molecule has 0 aliphatic carbocycles. The molecule has 9 heteroatoms. The largest absolute Gasteiger partial charge is 0.416 e. The average molecular weight is 472 g/mol. The molecule has 1 amide bonds. The van der Waals surface area contributed by atoms with Crippen LogP contribution in [0.3, 0.4) is 0 Å². The lowest BCUT2D eigenvalue weighted by Gasteiger charge is -2.34. The number of H-pyrrole nitrogens is 1. The maximum atomic E-state index is 13.1. The van der Waals surface area contributed by atoms with Gasteiger partial charge in [-0.05, 0) is 55.8 Å². The Morgan fingerprint density at radius 2 is 1.74 bits per heavy atom. The van der Waals surface area contributed by atoms with E-state index < -0.39 is 11.7 Å². The lowest BCUT2D eigenvalue weighted by Crippen LogP contribution is -2.48. The summed E-state index contributed by atoms with van der Waals surface area (Å²) < 4.78 is 38.3. The summed E-state index contributed by atoms with van der Waals surface area (Å²) in [5, 5.41) is 4.38. The van der Waals surface area contributed by atoms with Crippen LogP contribution in [0, 0.1) is 0 Å². The number of pyridine rings is 1. The standard InChI is InChI=1S/C25H28F3N5O/c26-25(27,28)20-3-1-17(2-4-20)16-32-9-11-33(12-10-32)24(34)22-14-19-13-21(30-15-23(19)31-22)18-5-7-29-8-6-18/h1-4,13-15,18,29,31H,5-12,16H2. The molecule has 34 heavy (non-hydrogen) atoms. The van der Waals surface area contributed by atoms with Crippen LogP contribution in [0.4, 0.5) is 13.2 Å². The van der Waals surface area contributed by atoms with Gasteiger partial charge in [0.15, 0.2) is 0 Å². The number of hydrogen-bond acceptors (Lipinski definition) is 4. The Morgan fingerprint density at radius 3 is 2.41 bits per heavy atom. The first-order valence-electron chi connectivity index (χ1n) is 11.7. The summed E-state index contributed by atoms with van der Waals surface area (Å²) in [7, 11) is 0. The van der Waals surface area contributed by atoms with E-state index >= 15 is 0 Å². The van der Waals surface area contributed by atoms with Gasteiger partial charge in [0, 0.05) is 49.7 Å². The van der Waals surface area contributed by atoms with E-state index in [1.807, 2.05) is 17.2 Å². The number of nitrogens with zero attached hydrogens (tertiary/aromatic N) is 3. The number of nitrogens with one attached hydrogen (secondary N) is 2. The van der Waals surface area contributed by atoms with Crippen molar-refractivity contribution in [1.82, 2.24) is 25.1 Å². The number of alkyl halides is 3. The molecule has 3 aromatic rings. The number of hydrogen-bond donors (Lipinski definition) is 2. The van der Waals surface area contributed by atoms with Crippen LogP contribution in [-0.2, 0) is 12.7 Å². The smallest absolute Gasteiger partial charge is 0.349 e. The topological polar surface area (TPSA) is 64.3 Å². The van der Waals surface area contributed by atoms with E-state index in [1.54, 1.807) is 0 Å². The van der Waals surface area contributed by atoms with Crippen molar-refractivity contribution < 1.29 is 18.0 Å². The molecule has 0 spiro atoms. The third-order valence-corrected chi connectivity index (χ3v) is 6.86. The zero-order valence-corrected chi connectivity index (χ0v) is 18.9. The maximum Gasteiger partial charge on any atom is 0.416 e. The zero-order chi connectivity index (χ0) is 23.7. The van der Waals surface area contributed by atoms with Gasteiger partial charge in [0.05, 0.1) is 17.3 Å². The molecule has 2 fully saturated rings. The molecule has 2 aliphatic heterocycles. The van der Waals surface area contributed by atoms with Crippen LogP contribution in [0.5, 0.6) is 0 Å². The second-order valence-electron chi connectivity index (χ2n) is 9.17. The van der Waals surface area contributed by atoms with Crippen LogP contribution in [0.1, 0.15) is 46.1 Å². The number of carbonyl (C=O) groups excluding carboxylic acids is 1. The Labute approximate surface area is 196 Å². The Hall–Kier alpha value is -2.91. The minimum absolute atomic E-state index is 0.0335. The van der Waals surface area contributed by atoms with Gasteiger partial charge >= 0.3 is 6.18 Å². The quantitative estimate of drug-likeness (QED) is 0.604. The number of aromatic amines is 1. The van der Waals surface area contributed by atoms with Gasteiger partial charge in [-0.2, -0.15) is 13.2 Å². The molecule has 0 radical (unpaired) electrons. The summed E-state index contributed by atoms with van der Waals surface area (Å²) in [6.07, 6.45) is -0.347.